The Hall–Kier alpha value is -3.36. The van der Waals surface area contributed by atoms with Gasteiger partial charge in [0.25, 0.3) is 0 Å². The molecular formula is C21H21FN2O6. The molecule has 1 saturated heterocycles. The van der Waals surface area contributed by atoms with Crippen LogP contribution in [0.25, 0.3) is 0 Å². The second-order valence-electron chi connectivity index (χ2n) is 7.19. The van der Waals surface area contributed by atoms with E-state index in [4.69, 9.17) is 4.74 Å². The fraction of sp³-hybridized carbons (Fsp3) is 0.381. The molecule has 1 aromatic carbocycles. The maximum atomic E-state index is 14.1. The number of amides is 3. The minimum Gasteiger partial charge on any atom is -0.457 e. The lowest BCUT2D eigenvalue weighted by atomic mass is 9.85. The lowest BCUT2D eigenvalue weighted by Crippen LogP contribution is -2.33. The SMILES string of the molecule is CC(=O)Nc1ccc(C(=O)COC(=O)CCN2C(=O)[C@H]3CC=CC[C@H]3C2=O)c(F)c1. The third-order valence-electron chi connectivity index (χ3n) is 5.09. The summed E-state index contributed by atoms with van der Waals surface area (Å²) in [6, 6.07) is 3.54. The number of hydrogen-bond acceptors (Lipinski definition) is 6. The van der Waals surface area contributed by atoms with Crippen LogP contribution in [0.3, 0.4) is 0 Å². The number of fused-ring (bicyclic) bond motifs is 1. The number of hydrogen-bond donors (Lipinski definition) is 1. The van der Waals surface area contributed by atoms with E-state index in [9.17, 15) is 28.4 Å². The van der Waals surface area contributed by atoms with Crippen molar-refractivity contribution < 1.29 is 33.1 Å². The van der Waals surface area contributed by atoms with Crippen LogP contribution in [0, 0.1) is 17.7 Å². The smallest absolute Gasteiger partial charge is 0.308 e. The Morgan fingerprint density at radius 1 is 1.13 bits per heavy atom. The Labute approximate surface area is 172 Å². The van der Waals surface area contributed by atoms with E-state index >= 15 is 0 Å². The molecule has 0 unspecified atom stereocenters. The van der Waals surface area contributed by atoms with Crippen molar-refractivity contribution in [3.63, 3.8) is 0 Å². The van der Waals surface area contributed by atoms with Crippen molar-refractivity contribution in [3.8, 4) is 0 Å². The Morgan fingerprint density at radius 2 is 1.77 bits per heavy atom. The van der Waals surface area contributed by atoms with Gasteiger partial charge in [-0.3, -0.25) is 28.9 Å². The molecule has 1 heterocycles. The third-order valence-corrected chi connectivity index (χ3v) is 5.09. The first-order chi connectivity index (χ1) is 14.3. The van der Waals surface area contributed by atoms with Gasteiger partial charge in [0.05, 0.1) is 23.8 Å². The molecule has 9 heteroatoms. The van der Waals surface area contributed by atoms with Crippen LogP contribution in [0.1, 0.15) is 36.5 Å². The van der Waals surface area contributed by atoms with Crippen LogP contribution in [0.15, 0.2) is 30.4 Å². The number of allylic oxidation sites excluding steroid dienone is 2. The number of likely N-dealkylation sites (tertiary alicyclic amines) is 1. The van der Waals surface area contributed by atoms with Crippen molar-refractivity contribution in [2.75, 3.05) is 18.5 Å². The summed E-state index contributed by atoms with van der Waals surface area (Å²) in [4.78, 5) is 60.8. The van der Waals surface area contributed by atoms with Gasteiger partial charge in [-0.1, -0.05) is 12.2 Å². The molecule has 2 atom stereocenters. The minimum absolute atomic E-state index is 0.114. The van der Waals surface area contributed by atoms with Crippen molar-refractivity contribution in [2.45, 2.75) is 26.2 Å². The summed E-state index contributed by atoms with van der Waals surface area (Å²) in [5, 5.41) is 2.39. The first kappa shape index (κ1) is 21.4. The average Bonchev–Trinajstić information content (AvgIpc) is 2.94. The first-order valence-corrected chi connectivity index (χ1v) is 9.54. The fourth-order valence-corrected chi connectivity index (χ4v) is 3.61. The van der Waals surface area contributed by atoms with Crippen LogP contribution in [0.5, 0.6) is 0 Å². The van der Waals surface area contributed by atoms with E-state index in [1.165, 1.54) is 19.1 Å². The van der Waals surface area contributed by atoms with Gasteiger partial charge in [-0.25, -0.2) is 4.39 Å². The molecule has 0 radical (unpaired) electrons. The van der Waals surface area contributed by atoms with Gasteiger partial charge < -0.3 is 10.1 Å². The molecule has 158 valence electrons. The summed E-state index contributed by atoms with van der Waals surface area (Å²) in [7, 11) is 0. The van der Waals surface area contributed by atoms with Crippen LogP contribution >= 0.6 is 0 Å². The molecule has 1 fully saturated rings. The zero-order valence-electron chi connectivity index (χ0n) is 16.4. The van der Waals surface area contributed by atoms with Crippen molar-refractivity contribution in [3.05, 3.63) is 41.7 Å². The number of esters is 1. The first-order valence-electron chi connectivity index (χ1n) is 9.54. The molecule has 0 aromatic heterocycles. The van der Waals surface area contributed by atoms with Gasteiger partial charge in [0, 0.05) is 19.2 Å². The normalized spacial score (nSPS) is 20.1. The van der Waals surface area contributed by atoms with Gasteiger partial charge in [-0.05, 0) is 31.0 Å². The van der Waals surface area contributed by atoms with Crippen LogP contribution in [-0.4, -0.2) is 47.5 Å². The van der Waals surface area contributed by atoms with Crippen molar-refractivity contribution in [2.24, 2.45) is 11.8 Å². The topological polar surface area (TPSA) is 110 Å². The summed E-state index contributed by atoms with van der Waals surface area (Å²) < 4.78 is 18.9. The van der Waals surface area contributed by atoms with E-state index in [0.29, 0.717) is 12.8 Å². The summed E-state index contributed by atoms with van der Waals surface area (Å²) in [5.41, 5.74) is -0.0809. The number of halogens is 1. The van der Waals surface area contributed by atoms with E-state index in [2.05, 4.69) is 5.32 Å². The second kappa shape index (κ2) is 8.98. The van der Waals surface area contributed by atoms with Gasteiger partial charge in [-0.15, -0.1) is 0 Å². The van der Waals surface area contributed by atoms with Gasteiger partial charge in [0.2, 0.25) is 23.5 Å². The predicted octanol–water partition coefficient (Wildman–Crippen LogP) is 1.85. The predicted molar refractivity (Wildman–Crippen MR) is 103 cm³/mol. The van der Waals surface area contributed by atoms with Crippen LogP contribution in [0.4, 0.5) is 10.1 Å². The highest BCUT2D eigenvalue weighted by atomic mass is 19.1. The number of anilines is 1. The van der Waals surface area contributed by atoms with Gasteiger partial charge in [0.1, 0.15) is 5.82 Å². The lowest BCUT2D eigenvalue weighted by Gasteiger charge is -2.14. The number of rotatable bonds is 7. The van der Waals surface area contributed by atoms with E-state index in [-0.39, 0.29) is 53.8 Å². The highest BCUT2D eigenvalue weighted by Crippen LogP contribution is 2.35. The molecule has 3 rings (SSSR count). The number of carbonyl (C=O) groups excluding carboxylic acids is 5. The number of carbonyl (C=O) groups is 5. The van der Waals surface area contributed by atoms with Gasteiger partial charge in [-0.2, -0.15) is 0 Å². The standard InChI is InChI=1S/C21H21FN2O6/c1-12(25)23-13-6-7-16(17(22)10-13)18(26)11-30-19(27)8-9-24-20(28)14-4-2-3-5-15(14)21(24)29/h2-3,6-7,10,14-15H,4-5,8-9,11H2,1H3,(H,23,25)/t14-,15+. The molecule has 1 aliphatic heterocycles. The number of ether oxygens (including phenoxy) is 1. The summed E-state index contributed by atoms with van der Waals surface area (Å²) in [5.74, 6) is -4.08. The Balaban J connectivity index is 1.49. The highest BCUT2D eigenvalue weighted by molar-refractivity contribution is 6.05. The Kier molecular flexibility index (Phi) is 6.39. The number of ketones is 1. The summed E-state index contributed by atoms with van der Waals surface area (Å²) in [6.45, 7) is 0.480. The molecule has 1 aromatic rings. The average molecular weight is 416 g/mol. The lowest BCUT2D eigenvalue weighted by molar-refractivity contribution is -0.145. The summed E-state index contributed by atoms with van der Waals surface area (Å²) >= 11 is 0. The zero-order chi connectivity index (χ0) is 21.8. The van der Waals surface area contributed by atoms with Gasteiger partial charge >= 0.3 is 5.97 Å². The number of nitrogens with zero attached hydrogens (tertiary/aromatic N) is 1. The van der Waals surface area contributed by atoms with E-state index in [0.717, 1.165) is 11.0 Å². The van der Waals surface area contributed by atoms with Crippen molar-refractivity contribution in [1.29, 1.82) is 0 Å². The third kappa shape index (κ3) is 4.61. The maximum absolute atomic E-state index is 14.1. The molecule has 1 aliphatic carbocycles. The molecule has 0 saturated carbocycles. The maximum Gasteiger partial charge on any atom is 0.308 e. The number of imide groups is 1. The quantitative estimate of drug-likeness (QED) is 0.314. The molecule has 2 aliphatic rings. The molecular weight excluding hydrogens is 395 g/mol. The van der Waals surface area contributed by atoms with Crippen molar-refractivity contribution >= 4 is 35.2 Å². The van der Waals surface area contributed by atoms with Crippen molar-refractivity contribution in [1.82, 2.24) is 4.90 Å². The molecule has 3 amide bonds. The van der Waals surface area contributed by atoms with Gasteiger partial charge in [0.15, 0.2) is 6.61 Å². The molecule has 0 bridgehead atoms. The Bertz CT molecular complexity index is 915. The zero-order valence-corrected chi connectivity index (χ0v) is 16.4. The largest absolute Gasteiger partial charge is 0.457 e. The second-order valence-corrected chi connectivity index (χ2v) is 7.19. The highest BCUT2D eigenvalue weighted by Gasteiger charge is 2.46. The van der Waals surface area contributed by atoms with Crippen LogP contribution in [-0.2, 0) is 23.9 Å². The van der Waals surface area contributed by atoms with E-state index in [1.54, 1.807) is 0 Å². The number of benzene rings is 1. The molecule has 0 spiro atoms. The van der Waals surface area contributed by atoms with E-state index in [1.807, 2.05) is 12.2 Å². The number of Topliss-reactive ketones (excluding diaryl/α,β-unsaturated/α-hetero) is 1. The summed E-state index contributed by atoms with van der Waals surface area (Å²) in [6.07, 6.45) is 4.52. The molecule has 1 N–H and O–H groups in total. The minimum atomic E-state index is -0.855. The van der Waals surface area contributed by atoms with Crippen LogP contribution in [0.2, 0.25) is 0 Å². The van der Waals surface area contributed by atoms with E-state index < -0.39 is 24.2 Å². The molecule has 30 heavy (non-hydrogen) atoms. The monoisotopic (exact) mass is 416 g/mol. The number of nitrogens with one attached hydrogen (secondary N) is 1. The van der Waals surface area contributed by atoms with Crippen LogP contribution < -0.4 is 5.32 Å². The Morgan fingerprint density at radius 3 is 2.33 bits per heavy atom. The molecule has 8 nitrogen and oxygen atoms in total. The fourth-order valence-electron chi connectivity index (χ4n) is 3.61.